The summed E-state index contributed by atoms with van der Waals surface area (Å²) in [6, 6.07) is 4.50. The van der Waals surface area contributed by atoms with E-state index in [0.717, 1.165) is 19.3 Å². The third-order valence-corrected chi connectivity index (χ3v) is 6.39. The molecule has 0 unspecified atom stereocenters. The zero-order valence-corrected chi connectivity index (χ0v) is 16.2. The van der Waals surface area contributed by atoms with Gasteiger partial charge in [-0.05, 0) is 31.4 Å². The first-order chi connectivity index (χ1) is 11.3. The van der Waals surface area contributed by atoms with E-state index in [4.69, 9.17) is 33.5 Å². The standard InChI is InChI=1S/C14H16Cl2N4O3S.ClH/c15-9-3-1-4-10(16)12(9)24(21,22)18-8-5-11-19-13(20-23-11)14(17)6-2-7-14;/h1,3-4,18H,2,5-8,17H2;1H. The third kappa shape index (κ3) is 4.27. The van der Waals surface area contributed by atoms with Crippen molar-refractivity contribution in [3.05, 3.63) is 40.0 Å². The van der Waals surface area contributed by atoms with Crippen molar-refractivity contribution in [3.63, 3.8) is 0 Å². The maximum Gasteiger partial charge on any atom is 0.243 e. The van der Waals surface area contributed by atoms with Gasteiger partial charge in [-0.2, -0.15) is 4.98 Å². The van der Waals surface area contributed by atoms with E-state index >= 15 is 0 Å². The largest absolute Gasteiger partial charge is 0.339 e. The summed E-state index contributed by atoms with van der Waals surface area (Å²) in [5.74, 6) is 0.801. The SMILES string of the molecule is Cl.NC1(c2noc(CCNS(=O)(=O)c3c(Cl)cccc3Cl)n2)CCC1. The van der Waals surface area contributed by atoms with Crippen molar-refractivity contribution < 1.29 is 12.9 Å². The summed E-state index contributed by atoms with van der Waals surface area (Å²) < 4.78 is 32.2. The monoisotopic (exact) mass is 426 g/mol. The Morgan fingerprint density at radius 2 is 1.92 bits per heavy atom. The van der Waals surface area contributed by atoms with Gasteiger partial charge < -0.3 is 10.3 Å². The summed E-state index contributed by atoms with van der Waals surface area (Å²) in [6.45, 7) is 0.0725. The molecule has 1 fully saturated rings. The molecule has 0 spiro atoms. The van der Waals surface area contributed by atoms with E-state index in [2.05, 4.69) is 14.9 Å². The number of sulfonamides is 1. The molecule has 25 heavy (non-hydrogen) atoms. The Hall–Kier alpha value is -0.900. The van der Waals surface area contributed by atoms with Crippen LogP contribution in [-0.2, 0) is 22.0 Å². The van der Waals surface area contributed by atoms with Crippen molar-refractivity contribution in [3.8, 4) is 0 Å². The molecule has 1 aromatic carbocycles. The van der Waals surface area contributed by atoms with E-state index in [9.17, 15) is 8.42 Å². The molecule has 0 radical (unpaired) electrons. The second-order valence-electron chi connectivity index (χ2n) is 5.72. The van der Waals surface area contributed by atoms with E-state index < -0.39 is 15.6 Å². The molecule has 0 amide bonds. The molecule has 1 saturated carbocycles. The first-order valence-corrected chi connectivity index (χ1v) is 9.61. The van der Waals surface area contributed by atoms with Gasteiger partial charge >= 0.3 is 0 Å². The fraction of sp³-hybridized carbons (Fsp3) is 0.429. The summed E-state index contributed by atoms with van der Waals surface area (Å²) in [5, 5.41) is 4.00. The molecule has 138 valence electrons. The van der Waals surface area contributed by atoms with Gasteiger partial charge in [0.2, 0.25) is 15.9 Å². The van der Waals surface area contributed by atoms with Crippen LogP contribution in [0.3, 0.4) is 0 Å². The van der Waals surface area contributed by atoms with Crippen LogP contribution in [0.1, 0.15) is 31.0 Å². The van der Waals surface area contributed by atoms with E-state index in [1.165, 1.54) is 12.1 Å². The zero-order chi connectivity index (χ0) is 17.4. The Bertz CT molecular complexity index is 833. The van der Waals surface area contributed by atoms with Crippen molar-refractivity contribution in [1.82, 2.24) is 14.9 Å². The highest BCUT2D eigenvalue weighted by Crippen LogP contribution is 2.36. The lowest BCUT2D eigenvalue weighted by molar-refractivity contribution is 0.229. The van der Waals surface area contributed by atoms with Crippen molar-refractivity contribution in [2.75, 3.05) is 6.54 Å². The van der Waals surface area contributed by atoms with Gasteiger partial charge in [-0.15, -0.1) is 12.4 Å². The maximum absolute atomic E-state index is 12.3. The predicted molar refractivity (Wildman–Crippen MR) is 96.6 cm³/mol. The molecule has 1 aromatic heterocycles. The van der Waals surface area contributed by atoms with Crippen LogP contribution in [0.2, 0.25) is 10.0 Å². The Morgan fingerprint density at radius 1 is 1.28 bits per heavy atom. The minimum atomic E-state index is -3.84. The Kier molecular flexibility index (Phi) is 6.35. The van der Waals surface area contributed by atoms with Crippen LogP contribution in [0.15, 0.2) is 27.6 Å². The third-order valence-electron chi connectivity index (χ3n) is 3.98. The Balaban J connectivity index is 0.00000225. The summed E-state index contributed by atoms with van der Waals surface area (Å²) in [6.07, 6.45) is 2.93. The van der Waals surface area contributed by atoms with Gasteiger partial charge in [-0.1, -0.05) is 34.4 Å². The number of hydrogen-bond donors (Lipinski definition) is 2. The van der Waals surface area contributed by atoms with Crippen LogP contribution < -0.4 is 10.5 Å². The normalized spacial score (nSPS) is 16.1. The fourth-order valence-corrected chi connectivity index (χ4v) is 4.62. The van der Waals surface area contributed by atoms with Crippen molar-refractivity contribution in [2.45, 2.75) is 36.1 Å². The molecule has 0 bridgehead atoms. The smallest absolute Gasteiger partial charge is 0.243 e. The molecular weight excluding hydrogens is 411 g/mol. The Labute approximate surface area is 161 Å². The molecule has 11 heteroatoms. The van der Waals surface area contributed by atoms with Crippen LogP contribution in [0, 0.1) is 0 Å². The van der Waals surface area contributed by atoms with Crippen molar-refractivity contribution in [1.29, 1.82) is 0 Å². The Morgan fingerprint density at radius 3 is 2.48 bits per heavy atom. The van der Waals surface area contributed by atoms with E-state index in [-0.39, 0.29) is 40.3 Å². The number of nitrogens with one attached hydrogen (secondary N) is 1. The summed E-state index contributed by atoms with van der Waals surface area (Å²) in [7, 11) is -3.84. The van der Waals surface area contributed by atoms with E-state index in [1.54, 1.807) is 6.07 Å². The molecular formula is C14H17Cl3N4O3S. The minimum absolute atomic E-state index is 0. The lowest BCUT2D eigenvalue weighted by atomic mass is 9.77. The highest BCUT2D eigenvalue weighted by atomic mass is 35.5. The summed E-state index contributed by atoms with van der Waals surface area (Å²) >= 11 is 11.9. The molecule has 0 atom stereocenters. The van der Waals surface area contributed by atoms with Crippen molar-refractivity contribution in [2.24, 2.45) is 5.73 Å². The number of aromatic nitrogens is 2. The fourth-order valence-electron chi connectivity index (χ4n) is 2.44. The van der Waals surface area contributed by atoms with Crippen LogP contribution in [0.25, 0.3) is 0 Å². The number of hydrogen-bond acceptors (Lipinski definition) is 6. The number of rotatable bonds is 6. The molecule has 1 aliphatic carbocycles. The summed E-state index contributed by atoms with van der Waals surface area (Å²) in [5.41, 5.74) is 5.61. The second kappa shape index (κ2) is 7.77. The van der Waals surface area contributed by atoms with Gasteiger partial charge in [0, 0.05) is 13.0 Å². The van der Waals surface area contributed by atoms with Gasteiger partial charge in [-0.25, -0.2) is 13.1 Å². The molecule has 0 aliphatic heterocycles. The highest BCUT2D eigenvalue weighted by Gasteiger charge is 2.38. The lowest BCUT2D eigenvalue weighted by Crippen LogP contribution is -2.44. The average molecular weight is 428 g/mol. The molecule has 3 rings (SSSR count). The van der Waals surface area contributed by atoms with Crippen molar-refractivity contribution >= 4 is 45.6 Å². The topological polar surface area (TPSA) is 111 Å². The predicted octanol–water partition coefficient (Wildman–Crippen LogP) is 2.66. The molecule has 7 nitrogen and oxygen atoms in total. The lowest BCUT2D eigenvalue weighted by Gasteiger charge is -2.34. The van der Waals surface area contributed by atoms with Crippen LogP contribution in [0.4, 0.5) is 0 Å². The quantitative estimate of drug-likeness (QED) is 0.733. The number of nitrogens with zero attached hydrogens (tertiary/aromatic N) is 2. The first-order valence-electron chi connectivity index (χ1n) is 7.37. The first kappa shape index (κ1) is 20.4. The molecule has 0 saturated heterocycles. The highest BCUT2D eigenvalue weighted by molar-refractivity contribution is 7.89. The summed E-state index contributed by atoms with van der Waals surface area (Å²) in [4.78, 5) is 4.10. The van der Waals surface area contributed by atoms with Crippen LogP contribution in [-0.4, -0.2) is 25.1 Å². The molecule has 3 N–H and O–H groups in total. The number of benzene rings is 1. The van der Waals surface area contributed by atoms with Gasteiger partial charge in [0.1, 0.15) is 4.90 Å². The zero-order valence-electron chi connectivity index (χ0n) is 13.0. The van der Waals surface area contributed by atoms with E-state index in [1.807, 2.05) is 0 Å². The molecule has 1 heterocycles. The average Bonchev–Trinajstić information content (AvgIpc) is 2.93. The number of halogens is 3. The van der Waals surface area contributed by atoms with Gasteiger partial charge in [-0.3, -0.25) is 0 Å². The number of nitrogens with two attached hydrogens (primary N) is 1. The van der Waals surface area contributed by atoms with Gasteiger partial charge in [0.05, 0.1) is 15.6 Å². The minimum Gasteiger partial charge on any atom is -0.339 e. The van der Waals surface area contributed by atoms with Gasteiger partial charge in [0.15, 0.2) is 5.82 Å². The van der Waals surface area contributed by atoms with E-state index in [0.29, 0.717) is 11.7 Å². The second-order valence-corrected chi connectivity index (χ2v) is 8.24. The van der Waals surface area contributed by atoms with Crippen LogP contribution in [0.5, 0.6) is 0 Å². The van der Waals surface area contributed by atoms with Gasteiger partial charge in [0.25, 0.3) is 0 Å². The maximum atomic E-state index is 12.3. The van der Waals surface area contributed by atoms with Crippen LogP contribution >= 0.6 is 35.6 Å². The molecule has 1 aliphatic rings. The molecule has 2 aromatic rings.